The quantitative estimate of drug-likeness (QED) is 0.759. The van der Waals surface area contributed by atoms with Crippen LogP contribution in [0.4, 0.5) is 4.79 Å². The smallest absolute Gasteiger partial charge is 0.315 e. The molecule has 0 unspecified atom stereocenters. The molecule has 0 bridgehead atoms. The number of hydrogen-bond acceptors (Lipinski definition) is 4. The Morgan fingerprint density at radius 3 is 2.86 bits per heavy atom. The number of amides is 2. The van der Waals surface area contributed by atoms with Crippen molar-refractivity contribution in [2.75, 3.05) is 0 Å². The highest BCUT2D eigenvalue weighted by Gasteiger charge is 2.08. The van der Waals surface area contributed by atoms with Gasteiger partial charge in [0.05, 0.1) is 18.5 Å². The standard InChI is InChI=1S/C16H17N3O3/c1-2-12-7-13(22-19-12)9-18-16(20)17-8-11-10-21-15-6-4-3-5-14(11)15/h3-7,10H,2,8-9H2,1H3,(H2,17,18,20). The third-order valence-electron chi connectivity index (χ3n) is 3.39. The van der Waals surface area contributed by atoms with Crippen LogP contribution >= 0.6 is 0 Å². The van der Waals surface area contributed by atoms with Crippen LogP contribution in [0.1, 0.15) is 23.9 Å². The molecule has 3 aromatic rings. The van der Waals surface area contributed by atoms with Gasteiger partial charge in [0.1, 0.15) is 5.58 Å². The van der Waals surface area contributed by atoms with E-state index in [9.17, 15) is 4.79 Å². The van der Waals surface area contributed by atoms with Crippen molar-refractivity contribution in [1.29, 1.82) is 0 Å². The van der Waals surface area contributed by atoms with Gasteiger partial charge in [-0.2, -0.15) is 0 Å². The minimum Gasteiger partial charge on any atom is -0.464 e. The van der Waals surface area contributed by atoms with Gasteiger partial charge in [-0.25, -0.2) is 4.79 Å². The van der Waals surface area contributed by atoms with Crippen LogP contribution in [0.3, 0.4) is 0 Å². The monoisotopic (exact) mass is 299 g/mol. The molecule has 1 aromatic carbocycles. The molecule has 0 saturated carbocycles. The van der Waals surface area contributed by atoms with Gasteiger partial charge in [0.25, 0.3) is 0 Å². The molecule has 0 spiro atoms. The van der Waals surface area contributed by atoms with Crippen LogP contribution in [-0.2, 0) is 19.5 Å². The van der Waals surface area contributed by atoms with Gasteiger partial charge < -0.3 is 19.6 Å². The molecule has 0 aliphatic rings. The van der Waals surface area contributed by atoms with Gasteiger partial charge in [0.15, 0.2) is 5.76 Å². The third kappa shape index (κ3) is 3.11. The van der Waals surface area contributed by atoms with Crippen LogP contribution in [0.25, 0.3) is 11.0 Å². The van der Waals surface area contributed by atoms with Gasteiger partial charge >= 0.3 is 6.03 Å². The van der Waals surface area contributed by atoms with Crippen LogP contribution in [0.5, 0.6) is 0 Å². The average Bonchev–Trinajstić information content (AvgIpc) is 3.17. The molecule has 2 amide bonds. The van der Waals surface area contributed by atoms with Crippen LogP contribution in [0.15, 0.2) is 45.5 Å². The predicted octanol–water partition coefficient (Wildman–Crippen LogP) is 2.98. The molecule has 2 aromatic heterocycles. The number of carbonyl (C=O) groups excluding carboxylic acids is 1. The number of nitrogens with one attached hydrogen (secondary N) is 2. The number of para-hydroxylation sites is 1. The maximum Gasteiger partial charge on any atom is 0.315 e. The molecule has 0 saturated heterocycles. The lowest BCUT2D eigenvalue weighted by molar-refractivity contribution is 0.238. The zero-order chi connectivity index (χ0) is 15.4. The summed E-state index contributed by atoms with van der Waals surface area (Å²) in [7, 11) is 0. The van der Waals surface area contributed by atoms with E-state index >= 15 is 0 Å². The Morgan fingerprint density at radius 2 is 2.05 bits per heavy atom. The highest BCUT2D eigenvalue weighted by atomic mass is 16.5. The molecule has 0 aliphatic carbocycles. The van der Waals surface area contributed by atoms with Crippen LogP contribution < -0.4 is 10.6 Å². The summed E-state index contributed by atoms with van der Waals surface area (Å²) >= 11 is 0. The summed E-state index contributed by atoms with van der Waals surface area (Å²) in [5.41, 5.74) is 2.63. The van der Waals surface area contributed by atoms with Gasteiger partial charge in [0.2, 0.25) is 0 Å². The van der Waals surface area contributed by atoms with E-state index in [0.717, 1.165) is 28.6 Å². The van der Waals surface area contributed by atoms with Crippen molar-refractivity contribution in [3.63, 3.8) is 0 Å². The van der Waals surface area contributed by atoms with E-state index in [2.05, 4.69) is 15.8 Å². The summed E-state index contributed by atoms with van der Waals surface area (Å²) in [5, 5.41) is 10.4. The number of carbonyl (C=O) groups is 1. The Hall–Kier alpha value is -2.76. The topological polar surface area (TPSA) is 80.3 Å². The Morgan fingerprint density at radius 1 is 1.23 bits per heavy atom. The highest BCUT2D eigenvalue weighted by Crippen LogP contribution is 2.20. The molecule has 0 aliphatic heterocycles. The lowest BCUT2D eigenvalue weighted by atomic mass is 10.2. The van der Waals surface area contributed by atoms with Gasteiger partial charge in [-0.3, -0.25) is 0 Å². The summed E-state index contributed by atoms with van der Waals surface area (Å²) in [6, 6.07) is 9.29. The van der Waals surface area contributed by atoms with Crippen molar-refractivity contribution in [3.05, 3.63) is 53.6 Å². The molecule has 114 valence electrons. The first-order valence-corrected chi connectivity index (χ1v) is 7.17. The largest absolute Gasteiger partial charge is 0.464 e. The van der Waals surface area contributed by atoms with E-state index in [1.807, 2.05) is 37.3 Å². The summed E-state index contributed by atoms with van der Waals surface area (Å²) in [6.07, 6.45) is 2.47. The minimum absolute atomic E-state index is 0.264. The Bertz CT molecular complexity index is 776. The molecule has 6 nitrogen and oxygen atoms in total. The van der Waals surface area contributed by atoms with Crippen LogP contribution in [0, 0.1) is 0 Å². The van der Waals surface area contributed by atoms with Crippen molar-refractivity contribution < 1.29 is 13.7 Å². The Labute approximate surface area is 127 Å². The van der Waals surface area contributed by atoms with Crippen molar-refractivity contribution in [1.82, 2.24) is 15.8 Å². The maximum atomic E-state index is 11.8. The number of benzene rings is 1. The lowest BCUT2D eigenvalue weighted by Crippen LogP contribution is -2.34. The average molecular weight is 299 g/mol. The molecule has 0 atom stereocenters. The third-order valence-corrected chi connectivity index (χ3v) is 3.39. The van der Waals surface area contributed by atoms with Crippen molar-refractivity contribution in [2.45, 2.75) is 26.4 Å². The first-order valence-electron chi connectivity index (χ1n) is 7.17. The summed E-state index contributed by atoms with van der Waals surface area (Å²) in [4.78, 5) is 11.8. The van der Waals surface area contributed by atoms with Gasteiger partial charge in [-0.1, -0.05) is 30.3 Å². The Balaban J connectivity index is 1.52. The molecule has 22 heavy (non-hydrogen) atoms. The van der Waals surface area contributed by atoms with Gasteiger partial charge in [0, 0.05) is 23.6 Å². The van der Waals surface area contributed by atoms with Crippen LogP contribution in [-0.4, -0.2) is 11.2 Å². The fourth-order valence-electron chi connectivity index (χ4n) is 2.18. The fourth-order valence-corrected chi connectivity index (χ4v) is 2.18. The second-order valence-corrected chi connectivity index (χ2v) is 4.93. The van der Waals surface area contributed by atoms with E-state index < -0.39 is 0 Å². The summed E-state index contributed by atoms with van der Waals surface area (Å²) in [6.45, 7) is 2.71. The molecule has 6 heteroatoms. The number of aryl methyl sites for hydroxylation is 1. The highest BCUT2D eigenvalue weighted by molar-refractivity contribution is 5.81. The van der Waals surface area contributed by atoms with Gasteiger partial charge in [-0.05, 0) is 12.5 Å². The Kier molecular flexibility index (Phi) is 4.09. The summed E-state index contributed by atoms with van der Waals surface area (Å²) in [5.74, 6) is 0.640. The SMILES string of the molecule is CCc1cc(CNC(=O)NCc2coc3ccccc23)on1. The van der Waals surface area contributed by atoms with E-state index in [-0.39, 0.29) is 6.03 Å². The number of furan rings is 1. The molecule has 2 heterocycles. The normalized spacial score (nSPS) is 10.8. The predicted molar refractivity (Wildman–Crippen MR) is 81.2 cm³/mol. The minimum atomic E-state index is -0.264. The molecule has 3 rings (SSSR count). The number of hydrogen-bond donors (Lipinski definition) is 2. The molecule has 2 N–H and O–H groups in total. The molecular weight excluding hydrogens is 282 g/mol. The summed E-state index contributed by atoms with van der Waals surface area (Å²) < 4.78 is 10.5. The van der Waals surface area contributed by atoms with Crippen molar-refractivity contribution in [2.24, 2.45) is 0 Å². The van der Waals surface area contributed by atoms with Crippen LogP contribution in [0.2, 0.25) is 0 Å². The van der Waals surface area contributed by atoms with E-state index in [0.29, 0.717) is 18.8 Å². The van der Waals surface area contributed by atoms with E-state index in [1.165, 1.54) is 0 Å². The zero-order valence-corrected chi connectivity index (χ0v) is 12.3. The zero-order valence-electron chi connectivity index (χ0n) is 12.3. The first-order chi connectivity index (χ1) is 10.8. The van der Waals surface area contributed by atoms with Crippen molar-refractivity contribution >= 4 is 17.0 Å². The fraction of sp³-hybridized carbons (Fsp3) is 0.250. The van der Waals surface area contributed by atoms with E-state index in [4.69, 9.17) is 8.94 Å². The number of nitrogens with zero attached hydrogens (tertiary/aromatic N) is 1. The number of fused-ring (bicyclic) bond motifs is 1. The molecule has 0 radical (unpaired) electrons. The van der Waals surface area contributed by atoms with Crippen molar-refractivity contribution in [3.8, 4) is 0 Å². The van der Waals surface area contributed by atoms with Gasteiger partial charge in [-0.15, -0.1) is 0 Å². The first kappa shape index (κ1) is 14.2. The number of rotatable bonds is 5. The van der Waals surface area contributed by atoms with E-state index in [1.54, 1.807) is 6.26 Å². The number of urea groups is 1. The maximum absolute atomic E-state index is 11.8. The number of aromatic nitrogens is 1. The molecular formula is C16H17N3O3. The lowest BCUT2D eigenvalue weighted by Gasteiger charge is -2.05. The second-order valence-electron chi connectivity index (χ2n) is 4.93. The molecule has 0 fully saturated rings. The second kappa shape index (κ2) is 6.34.